The fourth-order valence-corrected chi connectivity index (χ4v) is 2.41. The number of aliphatic hydroxyl groups excluding tert-OH is 1. The third-order valence-corrected chi connectivity index (χ3v) is 3.75. The highest BCUT2D eigenvalue weighted by atomic mass is 16.5. The minimum absolute atomic E-state index is 0.0277. The van der Waals surface area contributed by atoms with Gasteiger partial charge in [-0.15, -0.1) is 0 Å². The van der Waals surface area contributed by atoms with E-state index in [0.717, 1.165) is 4.57 Å². The molecule has 11 nitrogen and oxygen atoms in total. The van der Waals surface area contributed by atoms with Crippen molar-refractivity contribution in [2.75, 3.05) is 20.1 Å². The summed E-state index contributed by atoms with van der Waals surface area (Å²) in [6.45, 7) is 1.89. The van der Waals surface area contributed by atoms with Gasteiger partial charge in [-0.1, -0.05) is 0 Å². The smallest absolute Gasteiger partial charge is 0.330 e. The number of aromatic amines is 1. The molecule has 1 saturated heterocycles. The van der Waals surface area contributed by atoms with Crippen LogP contribution in [0.2, 0.25) is 0 Å². The maximum absolute atomic E-state index is 12.1. The first kappa shape index (κ1) is 18.7. The van der Waals surface area contributed by atoms with E-state index in [2.05, 4.69) is 20.9 Å². The van der Waals surface area contributed by atoms with Gasteiger partial charge in [0.15, 0.2) is 6.10 Å². The van der Waals surface area contributed by atoms with Crippen LogP contribution in [0, 0.1) is 6.92 Å². The van der Waals surface area contributed by atoms with Gasteiger partial charge in [0.1, 0.15) is 6.23 Å². The molecule has 11 heteroatoms. The normalized spacial score (nSPS) is 22.4. The maximum Gasteiger partial charge on any atom is 0.330 e. The number of amides is 3. The van der Waals surface area contributed by atoms with E-state index < -0.39 is 35.6 Å². The molecule has 0 aliphatic carbocycles. The molecule has 1 fully saturated rings. The van der Waals surface area contributed by atoms with Gasteiger partial charge in [-0.3, -0.25) is 19.1 Å². The SMILES string of the molecule is CNC(=O)NCCNC(=O)[C@H]1O[C@@H](n2cc(C)c(=O)[nH]c2=O)C[C@@H]1O. The monoisotopic (exact) mass is 355 g/mol. The summed E-state index contributed by atoms with van der Waals surface area (Å²) in [6.07, 6.45) is -1.76. The van der Waals surface area contributed by atoms with Crippen LogP contribution in [0.1, 0.15) is 18.2 Å². The molecule has 25 heavy (non-hydrogen) atoms. The molecule has 1 aromatic heterocycles. The van der Waals surface area contributed by atoms with Gasteiger partial charge in [0.25, 0.3) is 11.5 Å². The first-order valence-corrected chi connectivity index (χ1v) is 7.72. The number of nitrogens with zero attached hydrogens (tertiary/aromatic N) is 1. The zero-order chi connectivity index (χ0) is 18.6. The van der Waals surface area contributed by atoms with Crippen molar-refractivity contribution in [1.29, 1.82) is 0 Å². The standard InChI is InChI=1S/C14H21N5O6/c1-7-6-19(14(24)18-11(7)21)9-5-8(20)10(25-9)12(22)16-3-4-17-13(23)15-2/h6,8-10,20H,3-5H2,1-2H3,(H,16,22)(H2,15,17,23)(H,18,21,24)/t8-,9+,10-/m0/s1. The van der Waals surface area contributed by atoms with E-state index in [4.69, 9.17) is 4.74 Å². The van der Waals surface area contributed by atoms with Gasteiger partial charge < -0.3 is 25.8 Å². The Bertz CT molecular complexity index is 757. The summed E-state index contributed by atoms with van der Waals surface area (Å²) < 4.78 is 6.62. The maximum atomic E-state index is 12.1. The van der Waals surface area contributed by atoms with E-state index in [1.807, 2.05) is 0 Å². The lowest BCUT2D eigenvalue weighted by Crippen LogP contribution is -2.44. The van der Waals surface area contributed by atoms with Gasteiger partial charge in [-0.05, 0) is 6.92 Å². The Morgan fingerprint density at radius 3 is 2.72 bits per heavy atom. The average Bonchev–Trinajstić information content (AvgIpc) is 2.96. The van der Waals surface area contributed by atoms with Gasteiger partial charge in [-0.2, -0.15) is 0 Å². The molecule has 3 amide bonds. The summed E-state index contributed by atoms with van der Waals surface area (Å²) in [6, 6.07) is -0.376. The highest BCUT2D eigenvalue weighted by molar-refractivity contribution is 5.81. The summed E-state index contributed by atoms with van der Waals surface area (Å²) >= 11 is 0. The number of rotatable bonds is 5. The van der Waals surface area contributed by atoms with Gasteiger partial charge in [0, 0.05) is 38.3 Å². The van der Waals surface area contributed by atoms with Crippen LogP contribution in [-0.4, -0.2) is 58.9 Å². The molecule has 138 valence electrons. The molecule has 0 aromatic carbocycles. The molecule has 1 aliphatic rings. The Kier molecular flexibility index (Phi) is 5.93. The summed E-state index contributed by atoms with van der Waals surface area (Å²) in [5, 5.41) is 17.4. The van der Waals surface area contributed by atoms with E-state index in [-0.39, 0.29) is 25.5 Å². The van der Waals surface area contributed by atoms with Crippen LogP contribution in [-0.2, 0) is 9.53 Å². The molecular weight excluding hydrogens is 334 g/mol. The second kappa shape index (κ2) is 7.94. The van der Waals surface area contributed by atoms with Gasteiger partial charge in [0.05, 0.1) is 6.10 Å². The molecule has 0 saturated carbocycles. The number of aromatic nitrogens is 2. The molecule has 1 aromatic rings. The van der Waals surface area contributed by atoms with Crippen LogP contribution in [0.15, 0.2) is 15.8 Å². The summed E-state index contributed by atoms with van der Waals surface area (Å²) in [4.78, 5) is 48.5. The first-order chi connectivity index (χ1) is 11.8. The molecule has 0 radical (unpaired) electrons. The van der Waals surface area contributed by atoms with Crippen molar-refractivity contribution in [3.63, 3.8) is 0 Å². The zero-order valence-corrected chi connectivity index (χ0v) is 13.9. The lowest BCUT2D eigenvalue weighted by atomic mass is 10.1. The molecule has 0 spiro atoms. The number of hydrogen-bond acceptors (Lipinski definition) is 6. The zero-order valence-electron chi connectivity index (χ0n) is 13.9. The highest BCUT2D eigenvalue weighted by Gasteiger charge is 2.40. The lowest BCUT2D eigenvalue weighted by Gasteiger charge is -2.16. The van der Waals surface area contributed by atoms with Crippen LogP contribution >= 0.6 is 0 Å². The largest absolute Gasteiger partial charge is 0.390 e. The van der Waals surface area contributed by atoms with Crippen molar-refractivity contribution in [2.24, 2.45) is 0 Å². The molecule has 2 rings (SSSR count). The Morgan fingerprint density at radius 1 is 1.36 bits per heavy atom. The number of ether oxygens (including phenoxy) is 1. The fraction of sp³-hybridized carbons (Fsp3) is 0.571. The number of urea groups is 1. The number of hydrogen-bond donors (Lipinski definition) is 5. The van der Waals surface area contributed by atoms with Gasteiger partial charge in [0.2, 0.25) is 0 Å². The number of aliphatic hydroxyl groups is 1. The average molecular weight is 355 g/mol. The van der Waals surface area contributed by atoms with Crippen molar-refractivity contribution < 1.29 is 19.4 Å². The topological polar surface area (TPSA) is 155 Å². The van der Waals surface area contributed by atoms with Crippen LogP contribution in [0.3, 0.4) is 0 Å². The second-order valence-electron chi connectivity index (χ2n) is 5.59. The van der Waals surface area contributed by atoms with Gasteiger partial charge >= 0.3 is 11.7 Å². The summed E-state index contributed by atoms with van der Waals surface area (Å²) in [5.41, 5.74) is -0.868. The first-order valence-electron chi connectivity index (χ1n) is 7.72. The van der Waals surface area contributed by atoms with Crippen molar-refractivity contribution in [1.82, 2.24) is 25.5 Å². The van der Waals surface area contributed by atoms with E-state index >= 15 is 0 Å². The Hall–Kier alpha value is -2.66. The predicted octanol–water partition coefficient (Wildman–Crippen LogP) is -2.46. The molecule has 3 atom stereocenters. The number of nitrogens with one attached hydrogen (secondary N) is 4. The van der Waals surface area contributed by atoms with Crippen LogP contribution in [0.25, 0.3) is 0 Å². The number of carbonyl (C=O) groups is 2. The molecular formula is C14H21N5O6. The van der Waals surface area contributed by atoms with E-state index in [1.54, 1.807) is 0 Å². The molecule has 0 unspecified atom stereocenters. The number of carbonyl (C=O) groups excluding carboxylic acids is 2. The van der Waals surface area contributed by atoms with Crippen molar-refractivity contribution >= 4 is 11.9 Å². The van der Waals surface area contributed by atoms with Crippen LogP contribution in [0.5, 0.6) is 0 Å². The van der Waals surface area contributed by atoms with Crippen LogP contribution in [0.4, 0.5) is 4.79 Å². The second-order valence-corrected chi connectivity index (χ2v) is 5.59. The predicted molar refractivity (Wildman–Crippen MR) is 86.1 cm³/mol. The van der Waals surface area contributed by atoms with Gasteiger partial charge in [-0.25, -0.2) is 9.59 Å². The Balaban J connectivity index is 1.96. The van der Waals surface area contributed by atoms with Crippen molar-refractivity contribution in [3.8, 4) is 0 Å². The molecule has 2 heterocycles. The van der Waals surface area contributed by atoms with Crippen LogP contribution < -0.4 is 27.2 Å². The summed E-state index contributed by atoms with van der Waals surface area (Å²) in [5.74, 6) is -0.553. The lowest BCUT2D eigenvalue weighted by molar-refractivity contribution is -0.137. The third kappa shape index (κ3) is 4.45. The molecule has 5 N–H and O–H groups in total. The van der Waals surface area contributed by atoms with Crippen molar-refractivity contribution in [2.45, 2.75) is 31.8 Å². The Morgan fingerprint density at radius 2 is 2.04 bits per heavy atom. The minimum atomic E-state index is -1.15. The highest BCUT2D eigenvalue weighted by Crippen LogP contribution is 2.27. The number of H-pyrrole nitrogens is 1. The minimum Gasteiger partial charge on any atom is -0.390 e. The molecule has 0 bridgehead atoms. The van der Waals surface area contributed by atoms with E-state index in [9.17, 15) is 24.3 Å². The molecule has 1 aliphatic heterocycles. The van der Waals surface area contributed by atoms with Crippen molar-refractivity contribution in [3.05, 3.63) is 32.6 Å². The van der Waals surface area contributed by atoms with E-state index in [1.165, 1.54) is 20.2 Å². The quantitative estimate of drug-likeness (QED) is 0.369. The third-order valence-electron chi connectivity index (χ3n) is 3.75. The fourth-order valence-electron chi connectivity index (χ4n) is 2.41. The number of aryl methyl sites for hydroxylation is 1. The summed E-state index contributed by atoms with van der Waals surface area (Å²) in [7, 11) is 1.47. The van der Waals surface area contributed by atoms with E-state index in [0.29, 0.717) is 5.56 Å². The Labute approximate surface area is 142 Å².